The van der Waals surface area contributed by atoms with Gasteiger partial charge in [0.2, 0.25) is 0 Å². The van der Waals surface area contributed by atoms with E-state index in [9.17, 15) is 15.3 Å². The van der Waals surface area contributed by atoms with Crippen LogP contribution >= 0.6 is 11.8 Å². The first-order chi connectivity index (χ1) is 11.0. The zero-order valence-electron chi connectivity index (χ0n) is 12.7. The lowest BCUT2D eigenvalue weighted by atomic mass is 10.1. The fraction of sp³-hybridized carbons (Fsp3) is 0.467. The number of rotatable bonds is 3. The number of hydrogen-bond donors (Lipinski definition) is 3. The zero-order valence-corrected chi connectivity index (χ0v) is 13.5. The average Bonchev–Trinajstić information content (AvgIpc) is 2.88. The molecule has 1 fully saturated rings. The van der Waals surface area contributed by atoms with Crippen molar-refractivity contribution in [3.8, 4) is 17.0 Å². The van der Waals surface area contributed by atoms with Crippen molar-refractivity contribution in [1.82, 2.24) is 10.1 Å². The summed E-state index contributed by atoms with van der Waals surface area (Å²) in [7, 11) is 0. The van der Waals surface area contributed by atoms with Crippen LogP contribution in [0.25, 0.3) is 11.3 Å². The summed E-state index contributed by atoms with van der Waals surface area (Å²) >= 11 is 1.25. The van der Waals surface area contributed by atoms with Crippen LogP contribution in [0.15, 0.2) is 22.9 Å². The summed E-state index contributed by atoms with van der Waals surface area (Å²) in [6, 6.07) is 3.52. The molecule has 1 aliphatic heterocycles. The summed E-state index contributed by atoms with van der Waals surface area (Å²) in [6.45, 7) is 3.67. The van der Waals surface area contributed by atoms with Crippen LogP contribution in [0.3, 0.4) is 0 Å². The summed E-state index contributed by atoms with van der Waals surface area (Å²) in [5, 5.41) is 33.1. The molecular weight excluding hydrogens is 320 g/mol. The molecule has 0 aliphatic carbocycles. The molecule has 0 aromatic carbocycles. The maximum atomic E-state index is 9.95. The van der Waals surface area contributed by atoms with Crippen molar-refractivity contribution >= 4 is 11.8 Å². The monoisotopic (exact) mass is 338 g/mol. The number of pyridine rings is 1. The van der Waals surface area contributed by atoms with E-state index in [2.05, 4.69) is 10.1 Å². The lowest BCUT2D eigenvalue weighted by molar-refractivity contribution is -0.0786. The first-order valence-corrected chi connectivity index (χ1v) is 8.24. The fourth-order valence-electron chi connectivity index (χ4n) is 2.46. The van der Waals surface area contributed by atoms with Crippen molar-refractivity contribution in [3.05, 3.63) is 29.8 Å². The molecule has 3 rings (SSSR count). The molecule has 2 aromatic rings. The summed E-state index contributed by atoms with van der Waals surface area (Å²) in [4.78, 5) is 4.34. The predicted molar refractivity (Wildman–Crippen MR) is 84.1 cm³/mol. The first-order valence-electron chi connectivity index (χ1n) is 7.19. The largest absolute Gasteiger partial charge is 0.475 e. The number of aliphatic hydroxyl groups excluding tert-OH is 3. The molecule has 0 unspecified atom stereocenters. The molecule has 3 N–H and O–H groups in total. The Morgan fingerprint density at radius 3 is 2.61 bits per heavy atom. The van der Waals surface area contributed by atoms with Crippen LogP contribution in [0.4, 0.5) is 0 Å². The van der Waals surface area contributed by atoms with Crippen LogP contribution < -0.4 is 4.74 Å². The Kier molecular flexibility index (Phi) is 4.58. The van der Waals surface area contributed by atoms with Crippen molar-refractivity contribution in [1.29, 1.82) is 0 Å². The molecule has 7 nitrogen and oxygen atoms in total. The minimum absolute atomic E-state index is 0.299. The highest BCUT2D eigenvalue weighted by Crippen LogP contribution is 2.30. The van der Waals surface area contributed by atoms with Gasteiger partial charge in [-0.25, -0.2) is 0 Å². The van der Waals surface area contributed by atoms with Gasteiger partial charge in [0, 0.05) is 5.75 Å². The van der Waals surface area contributed by atoms with Gasteiger partial charge in [-0.3, -0.25) is 4.98 Å². The number of nitrogens with zero attached hydrogens (tertiary/aromatic N) is 2. The van der Waals surface area contributed by atoms with E-state index < -0.39 is 23.7 Å². The van der Waals surface area contributed by atoms with Gasteiger partial charge in [-0.15, -0.1) is 11.8 Å². The van der Waals surface area contributed by atoms with Gasteiger partial charge in [-0.2, -0.15) is 0 Å². The highest BCUT2D eigenvalue weighted by molar-refractivity contribution is 7.99. The number of thioether (sulfide) groups is 1. The van der Waals surface area contributed by atoms with Gasteiger partial charge in [0.25, 0.3) is 0 Å². The normalized spacial score (nSPS) is 27.9. The van der Waals surface area contributed by atoms with E-state index in [1.807, 2.05) is 13.8 Å². The van der Waals surface area contributed by atoms with Gasteiger partial charge in [0.15, 0.2) is 5.44 Å². The third kappa shape index (κ3) is 3.20. The standard InChI is InChI=1S/C15H18N2O5S/c1-7-12(8(2)22-17-7)10-4-3-9(5-16-10)21-15-14(20)13(19)11(18)6-23-15/h3-5,11,13-15,18-20H,6H2,1-2H3/t11-,13+,14-,15+/m1/s1. The maximum Gasteiger partial charge on any atom is 0.173 e. The van der Waals surface area contributed by atoms with E-state index in [1.54, 1.807) is 18.3 Å². The second kappa shape index (κ2) is 6.48. The molecule has 0 saturated carbocycles. The van der Waals surface area contributed by atoms with Crippen LogP contribution in [0.5, 0.6) is 5.75 Å². The minimum atomic E-state index is -1.21. The molecule has 0 radical (unpaired) electrons. The average molecular weight is 338 g/mol. The molecule has 0 bridgehead atoms. The van der Waals surface area contributed by atoms with E-state index in [-0.39, 0.29) is 0 Å². The highest BCUT2D eigenvalue weighted by Gasteiger charge is 2.38. The zero-order chi connectivity index (χ0) is 16.6. The molecule has 3 heterocycles. The van der Waals surface area contributed by atoms with Gasteiger partial charge in [-0.1, -0.05) is 5.16 Å². The Bertz CT molecular complexity index is 656. The Morgan fingerprint density at radius 1 is 1.22 bits per heavy atom. The van der Waals surface area contributed by atoms with Crippen molar-refractivity contribution in [2.45, 2.75) is 37.6 Å². The molecule has 1 saturated heterocycles. The highest BCUT2D eigenvalue weighted by atomic mass is 32.2. The van der Waals surface area contributed by atoms with Crippen molar-refractivity contribution in [2.24, 2.45) is 0 Å². The number of aromatic nitrogens is 2. The van der Waals surface area contributed by atoms with Crippen LogP contribution in [0.1, 0.15) is 11.5 Å². The summed E-state index contributed by atoms with van der Waals surface area (Å²) in [6.07, 6.45) is -1.78. The lowest BCUT2D eigenvalue weighted by Crippen LogP contribution is -2.50. The van der Waals surface area contributed by atoms with Crippen molar-refractivity contribution in [2.75, 3.05) is 5.75 Å². The summed E-state index contributed by atoms with van der Waals surface area (Å²) < 4.78 is 10.8. The second-order valence-electron chi connectivity index (χ2n) is 5.45. The van der Waals surface area contributed by atoms with Gasteiger partial charge >= 0.3 is 0 Å². The molecule has 2 aromatic heterocycles. The molecule has 23 heavy (non-hydrogen) atoms. The second-order valence-corrected chi connectivity index (χ2v) is 6.58. The SMILES string of the molecule is Cc1noc(C)c1-c1ccc(O[C@H]2SC[C@@H](O)[C@H](O)[C@H]2O)cn1. The molecular formula is C15H18N2O5S. The van der Waals surface area contributed by atoms with Crippen LogP contribution in [0, 0.1) is 13.8 Å². The van der Waals surface area contributed by atoms with Crippen LogP contribution in [-0.4, -0.2) is 55.0 Å². The molecule has 0 spiro atoms. The summed E-state index contributed by atoms with van der Waals surface area (Å²) in [5.41, 5.74) is 1.68. The van der Waals surface area contributed by atoms with E-state index in [0.29, 0.717) is 17.3 Å². The Morgan fingerprint density at radius 2 is 2.00 bits per heavy atom. The number of hydrogen-bond acceptors (Lipinski definition) is 8. The van der Waals surface area contributed by atoms with Crippen LogP contribution in [-0.2, 0) is 0 Å². The molecule has 124 valence electrons. The first kappa shape index (κ1) is 16.3. The van der Waals surface area contributed by atoms with Crippen LogP contribution in [0.2, 0.25) is 0 Å². The number of ether oxygens (including phenoxy) is 1. The molecule has 0 amide bonds. The van der Waals surface area contributed by atoms with Crippen molar-refractivity contribution in [3.63, 3.8) is 0 Å². The van der Waals surface area contributed by atoms with Gasteiger partial charge in [-0.05, 0) is 26.0 Å². The molecule has 4 atom stereocenters. The van der Waals surface area contributed by atoms with Gasteiger partial charge in [0.1, 0.15) is 23.7 Å². The maximum absolute atomic E-state index is 9.95. The Hall–Kier alpha value is -1.61. The molecule has 8 heteroatoms. The van der Waals surface area contributed by atoms with Crippen molar-refractivity contribution < 1.29 is 24.6 Å². The minimum Gasteiger partial charge on any atom is -0.475 e. The topological polar surface area (TPSA) is 109 Å². The lowest BCUT2D eigenvalue weighted by Gasteiger charge is -2.34. The quantitative estimate of drug-likeness (QED) is 0.757. The van der Waals surface area contributed by atoms with E-state index in [0.717, 1.165) is 17.0 Å². The number of aliphatic hydroxyl groups is 3. The Labute approximate surface area is 137 Å². The number of aryl methyl sites for hydroxylation is 2. The van der Waals surface area contributed by atoms with E-state index in [1.165, 1.54) is 11.8 Å². The predicted octanol–water partition coefficient (Wildman–Crippen LogP) is 0.888. The van der Waals surface area contributed by atoms with Gasteiger partial charge in [0.05, 0.1) is 29.3 Å². The van der Waals surface area contributed by atoms with Gasteiger partial charge < -0.3 is 24.6 Å². The van der Waals surface area contributed by atoms with E-state index in [4.69, 9.17) is 9.26 Å². The summed E-state index contributed by atoms with van der Waals surface area (Å²) in [5.74, 6) is 1.47. The Balaban J connectivity index is 1.73. The van der Waals surface area contributed by atoms with E-state index >= 15 is 0 Å². The smallest absolute Gasteiger partial charge is 0.173 e. The third-order valence-corrected chi connectivity index (χ3v) is 4.97. The molecule has 1 aliphatic rings. The fourth-order valence-corrected chi connectivity index (χ4v) is 3.58. The third-order valence-electron chi connectivity index (χ3n) is 3.73.